The van der Waals surface area contributed by atoms with Crippen molar-refractivity contribution in [2.75, 3.05) is 0 Å². The van der Waals surface area contributed by atoms with Gasteiger partial charge in [0.1, 0.15) is 12.4 Å². The second kappa shape index (κ2) is 6.54. The molecule has 1 amide bonds. The van der Waals surface area contributed by atoms with Crippen molar-refractivity contribution in [1.29, 1.82) is 0 Å². The van der Waals surface area contributed by atoms with Crippen molar-refractivity contribution >= 4 is 21.8 Å². The minimum atomic E-state index is -0.381. The lowest BCUT2D eigenvalue weighted by molar-refractivity contribution is 0.0949. The number of amides is 1. The molecule has 104 valence electrons. The van der Waals surface area contributed by atoms with Gasteiger partial charge in [-0.25, -0.2) is 5.84 Å². The average molecular weight is 335 g/mol. The van der Waals surface area contributed by atoms with Crippen molar-refractivity contribution in [3.8, 4) is 5.75 Å². The van der Waals surface area contributed by atoms with E-state index < -0.39 is 0 Å². The van der Waals surface area contributed by atoms with Crippen LogP contribution in [0.2, 0.25) is 0 Å². The first-order chi connectivity index (χ1) is 9.61. The van der Waals surface area contributed by atoms with E-state index in [9.17, 15) is 4.79 Å². The second-order valence-corrected chi connectivity index (χ2v) is 5.20. The van der Waals surface area contributed by atoms with E-state index in [1.165, 1.54) is 0 Å². The molecule has 5 heteroatoms. The molecule has 0 fully saturated rings. The molecule has 0 aliphatic rings. The Morgan fingerprint density at radius 2 is 2.00 bits per heavy atom. The van der Waals surface area contributed by atoms with E-state index in [1.807, 2.05) is 43.3 Å². The van der Waals surface area contributed by atoms with Crippen molar-refractivity contribution < 1.29 is 9.53 Å². The van der Waals surface area contributed by atoms with Gasteiger partial charge in [0.25, 0.3) is 5.91 Å². The highest BCUT2D eigenvalue weighted by Crippen LogP contribution is 2.27. The first kappa shape index (κ1) is 14.6. The molecule has 20 heavy (non-hydrogen) atoms. The van der Waals surface area contributed by atoms with Crippen LogP contribution in [-0.4, -0.2) is 5.91 Å². The molecule has 2 rings (SSSR count). The van der Waals surface area contributed by atoms with Crippen LogP contribution >= 0.6 is 15.9 Å². The molecule has 0 saturated carbocycles. The third kappa shape index (κ3) is 3.37. The van der Waals surface area contributed by atoms with E-state index in [-0.39, 0.29) is 5.91 Å². The Kier molecular flexibility index (Phi) is 4.76. The maximum absolute atomic E-state index is 11.8. The zero-order valence-electron chi connectivity index (χ0n) is 11.0. The lowest BCUT2D eigenvalue weighted by Gasteiger charge is -2.12. The van der Waals surface area contributed by atoms with Gasteiger partial charge in [-0.15, -0.1) is 0 Å². The summed E-state index contributed by atoms with van der Waals surface area (Å²) in [6.07, 6.45) is 0. The number of ether oxygens (including phenoxy) is 1. The number of hydrogen-bond donors (Lipinski definition) is 2. The predicted octanol–water partition coefficient (Wildman–Crippen LogP) is 2.94. The molecule has 3 N–H and O–H groups in total. The number of hydrogen-bond acceptors (Lipinski definition) is 3. The normalized spacial score (nSPS) is 10.2. The van der Waals surface area contributed by atoms with Crippen LogP contribution in [0.1, 0.15) is 21.5 Å². The Balaban J connectivity index is 2.26. The van der Waals surface area contributed by atoms with Crippen LogP contribution in [-0.2, 0) is 6.61 Å². The van der Waals surface area contributed by atoms with Crippen LogP contribution in [0, 0.1) is 6.92 Å². The largest absolute Gasteiger partial charge is 0.488 e. The van der Waals surface area contributed by atoms with E-state index >= 15 is 0 Å². The standard InChI is InChI=1S/C15H15BrN2O2/c1-10-7-14(12(8-13(10)16)15(19)18-17)20-9-11-5-3-2-4-6-11/h2-8H,9,17H2,1H3,(H,18,19). The summed E-state index contributed by atoms with van der Waals surface area (Å²) in [7, 11) is 0. The molecule has 0 aliphatic heterocycles. The number of nitrogens with two attached hydrogens (primary N) is 1. The summed E-state index contributed by atoms with van der Waals surface area (Å²) >= 11 is 3.40. The quantitative estimate of drug-likeness (QED) is 0.513. The molecule has 0 heterocycles. The topological polar surface area (TPSA) is 64.3 Å². The molecule has 0 atom stereocenters. The maximum Gasteiger partial charge on any atom is 0.268 e. The molecule has 0 unspecified atom stereocenters. The van der Waals surface area contributed by atoms with E-state index in [0.29, 0.717) is 17.9 Å². The summed E-state index contributed by atoms with van der Waals surface area (Å²) in [5.41, 5.74) is 4.55. The molecule has 0 aromatic heterocycles. The van der Waals surface area contributed by atoms with Gasteiger partial charge in [0.15, 0.2) is 0 Å². The number of halogens is 1. The fraction of sp³-hybridized carbons (Fsp3) is 0.133. The van der Waals surface area contributed by atoms with E-state index in [0.717, 1.165) is 15.6 Å². The molecule has 0 bridgehead atoms. The summed E-state index contributed by atoms with van der Waals surface area (Å²) in [5, 5.41) is 0. The fourth-order valence-corrected chi connectivity index (χ4v) is 2.11. The molecule has 2 aromatic carbocycles. The van der Waals surface area contributed by atoms with Crippen LogP contribution in [0.25, 0.3) is 0 Å². The number of hydrazine groups is 1. The number of aryl methyl sites for hydroxylation is 1. The summed E-state index contributed by atoms with van der Waals surface area (Å²) in [6.45, 7) is 2.33. The van der Waals surface area contributed by atoms with Gasteiger partial charge in [0.05, 0.1) is 5.56 Å². The van der Waals surface area contributed by atoms with E-state index in [1.54, 1.807) is 6.07 Å². The van der Waals surface area contributed by atoms with Crippen LogP contribution in [0.15, 0.2) is 46.9 Å². The van der Waals surface area contributed by atoms with Gasteiger partial charge in [0.2, 0.25) is 0 Å². The third-order valence-electron chi connectivity index (χ3n) is 2.87. The van der Waals surface area contributed by atoms with Gasteiger partial charge in [-0.2, -0.15) is 0 Å². The maximum atomic E-state index is 11.8. The molecule has 0 aliphatic carbocycles. The first-order valence-electron chi connectivity index (χ1n) is 6.09. The highest BCUT2D eigenvalue weighted by molar-refractivity contribution is 9.10. The van der Waals surface area contributed by atoms with Gasteiger partial charge in [-0.05, 0) is 30.2 Å². The minimum absolute atomic E-state index is 0.381. The minimum Gasteiger partial charge on any atom is -0.488 e. The highest BCUT2D eigenvalue weighted by atomic mass is 79.9. The van der Waals surface area contributed by atoms with E-state index in [4.69, 9.17) is 10.6 Å². The number of nitrogens with one attached hydrogen (secondary N) is 1. The number of rotatable bonds is 4. The van der Waals surface area contributed by atoms with Gasteiger partial charge >= 0.3 is 0 Å². The fourth-order valence-electron chi connectivity index (χ4n) is 1.76. The molecule has 4 nitrogen and oxygen atoms in total. The molecule has 0 spiro atoms. The Bertz CT molecular complexity index is 615. The van der Waals surface area contributed by atoms with Gasteiger partial charge in [0, 0.05) is 4.47 Å². The van der Waals surface area contributed by atoms with E-state index in [2.05, 4.69) is 21.4 Å². The van der Waals surface area contributed by atoms with Crippen LogP contribution in [0.4, 0.5) is 0 Å². The Morgan fingerprint density at radius 3 is 2.65 bits per heavy atom. The van der Waals surface area contributed by atoms with Crippen molar-refractivity contribution in [2.45, 2.75) is 13.5 Å². The molecule has 2 aromatic rings. The van der Waals surface area contributed by atoms with Crippen LogP contribution in [0.3, 0.4) is 0 Å². The van der Waals surface area contributed by atoms with Crippen molar-refractivity contribution in [1.82, 2.24) is 5.43 Å². The average Bonchev–Trinajstić information content (AvgIpc) is 2.48. The highest BCUT2D eigenvalue weighted by Gasteiger charge is 2.14. The summed E-state index contributed by atoms with van der Waals surface area (Å²) in [4.78, 5) is 11.8. The molecular weight excluding hydrogens is 320 g/mol. The second-order valence-electron chi connectivity index (χ2n) is 4.35. The predicted molar refractivity (Wildman–Crippen MR) is 81.3 cm³/mol. The Labute approximate surface area is 126 Å². The van der Waals surface area contributed by atoms with Gasteiger partial charge in [-0.1, -0.05) is 46.3 Å². The number of carbonyl (C=O) groups excluding carboxylic acids is 1. The molecular formula is C15H15BrN2O2. The molecule has 0 saturated heterocycles. The smallest absolute Gasteiger partial charge is 0.268 e. The summed E-state index contributed by atoms with van der Waals surface area (Å²) < 4.78 is 6.58. The van der Waals surface area contributed by atoms with Crippen molar-refractivity contribution in [3.05, 3.63) is 63.6 Å². The van der Waals surface area contributed by atoms with Crippen molar-refractivity contribution in [3.63, 3.8) is 0 Å². The zero-order valence-corrected chi connectivity index (χ0v) is 12.6. The lowest BCUT2D eigenvalue weighted by atomic mass is 10.1. The van der Waals surface area contributed by atoms with Crippen molar-refractivity contribution in [2.24, 2.45) is 5.84 Å². The lowest BCUT2D eigenvalue weighted by Crippen LogP contribution is -2.30. The third-order valence-corrected chi connectivity index (χ3v) is 3.73. The van der Waals surface area contributed by atoms with Crippen LogP contribution < -0.4 is 16.0 Å². The number of nitrogen functional groups attached to an aromatic ring is 1. The van der Waals surface area contributed by atoms with Crippen LogP contribution in [0.5, 0.6) is 5.75 Å². The number of benzene rings is 2. The summed E-state index contributed by atoms with van der Waals surface area (Å²) in [5.74, 6) is 5.33. The Morgan fingerprint density at radius 1 is 1.30 bits per heavy atom. The summed E-state index contributed by atoms with van der Waals surface area (Å²) in [6, 6.07) is 13.3. The number of carbonyl (C=O) groups is 1. The van der Waals surface area contributed by atoms with Gasteiger partial charge in [-0.3, -0.25) is 10.2 Å². The monoisotopic (exact) mass is 334 g/mol. The SMILES string of the molecule is Cc1cc(OCc2ccccc2)c(C(=O)NN)cc1Br. The zero-order chi connectivity index (χ0) is 14.5. The Hall–Kier alpha value is -1.85. The molecule has 0 radical (unpaired) electrons. The van der Waals surface area contributed by atoms with Gasteiger partial charge < -0.3 is 4.74 Å². The first-order valence-corrected chi connectivity index (χ1v) is 6.89.